The Hall–Kier alpha value is -3.39. The zero-order valence-corrected chi connectivity index (χ0v) is 18.5. The van der Waals surface area contributed by atoms with E-state index in [1.807, 2.05) is 24.3 Å². The summed E-state index contributed by atoms with van der Waals surface area (Å²) in [4.78, 5) is 35.8. The van der Waals surface area contributed by atoms with E-state index in [0.717, 1.165) is 22.3 Å². The van der Waals surface area contributed by atoms with Crippen LogP contribution in [-0.2, 0) is 19.1 Å². The summed E-state index contributed by atoms with van der Waals surface area (Å²) in [6.07, 6.45) is 0.0122. The Morgan fingerprint density at radius 2 is 1.64 bits per heavy atom. The molecule has 0 aliphatic heterocycles. The van der Waals surface area contributed by atoms with E-state index in [4.69, 9.17) is 9.47 Å². The third kappa shape index (κ3) is 4.85. The summed E-state index contributed by atoms with van der Waals surface area (Å²) in [7, 11) is 1.40. The van der Waals surface area contributed by atoms with Crippen molar-refractivity contribution in [1.82, 2.24) is 10.6 Å². The molecule has 8 heteroatoms. The molecule has 2 amide bonds. The van der Waals surface area contributed by atoms with Gasteiger partial charge in [0.15, 0.2) is 0 Å². The first-order valence-electron chi connectivity index (χ1n) is 11.1. The fourth-order valence-corrected chi connectivity index (χ4v) is 4.30. The fraction of sp³-hybridized carbons (Fsp3) is 0.400. The van der Waals surface area contributed by atoms with E-state index in [9.17, 15) is 19.5 Å². The molecular weight excluding hydrogens is 424 g/mol. The van der Waals surface area contributed by atoms with Crippen molar-refractivity contribution < 1.29 is 29.0 Å². The van der Waals surface area contributed by atoms with Crippen LogP contribution in [0.25, 0.3) is 11.1 Å². The summed E-state index contributed by atoms with van der Waals surface area (Å²) in [5, 5.41) is 14.5. The number of methoxy groups -OCH3 is 1. The molecule has 0 saturated heterocycles. The maximum atomic E-state index is 12.3. The number of rotatable bonds is 10. The molecule has 0 spiro atoms. The van der Waals surface area contributed by atoms with Crippen molar-refractivity contribution in [3.8, 4) is 11.1 Å². The summed E-state index contributed by atoms with van der Waals surface area (Å²) in [5.74, 6) is -1.31. The number of carbonyl (C=O) groups excluding carboxylic acids is 2. The third-order valence-corrected chi connectivity index (χ3v) is 6.50. The summed E-state index contributed by atoms with van der Waals surface area (Å²) >= 11 is 0. The lowest BCUT2D eigenvalue weighted by Crippen LogP contribution is -2.42. The van der Waals surface area contributed by atoms with E-state index < -0.39 is 23.6 Å². The first-order chi connectivity index (χ1) is 15.9. The van der Waals surface area contributed by atoms with Gasteiger partial charge in [0, 0.05) is 32.5 Å². The van der Waals surface area contributed by atoms with Gasteiger partial charge in [-0.2, -0.15) is 0 Å². The summed E-state index contributed by atoms with van der Waals surface area (Å²) in [6, 6.07) is 16.2. The Balaban J connectivity index is 1.23. The molecule has 2 aromatic rings. The topological polar surface area (TPSA) is 114 Å². The van der Waals surface area contributed by atoms with Gasteiger partial charge >= 0.3 is 12.1 Å². The second kappa shape index (κ2) is 9.62. The van der Waals surface area contributed by atoms with Crippen molar-refractivity contribution in [1.29, 1.82) is 0 Å². The van der Waals surface area contributed by atoms with Gasteiger partial charge in [-0.05, 0) is 35.1 Å². The van der Waals surface area contributed by atoms with E-state index in [1.165, 1.54) is 7.11 Å². The minimum atomic E-state index is -0.895. The number of fused-ring (bicyclic) bond motifs is 3. The number of hydrogen-bond acceptors (Lipinski definition) is 5. The van der Waals surface area contributed by atoms with E-state index in [-0.39, 0.29) is 37.9 Å². The molecule has 2 aromatic carbocycles. The zero-order valence-electron chi connectivity index (χ0n) is 18.5. The lowest BCUT2D eigenvalue weighted by atomic mass is 9.98. The van der Waals surface area contributed by atoms with Gasteiger partial charge in [-0.3, -0.25) is 9.59 Å². The van der Waals surface area contributed by atoms with Crippen LogP contribution >= 0.6 is 0 Å². The average molecular weight is 453 g/mol. The van der Waals surface area contributed by atoms with Crippen LogP contribution in [0.4, 0.5) is 4.79 Å². The fourth-order valence-electron chi connectivity index (χ4n) is 4.30. The van der Waals surface area contributed by atoms with Gasteiger partial charge in [0.05, 0.1) is 5.41 Å². The standard InChI is InChI=1S/C25H28N2O6/c1-32-21(22(28)27-15-25(11-12-25)23(29)30)10-13-26-24(31)33-14-20-18-8-4-2-6-16(18)17-7-3-5-9-19(17)20/h2-9,20-21H,10-15H2,1H3,(H,26,31)(H,27,28)(H,29,30). The number of carboxylic acids is 1. The molecule has 4 rings (SSSR count). The van der Waals surface area contributed by atoms with Crippen LogP contribution in [0.3, 0.4) is 0 Å². The molecule has 0 heterocycles. The molecule has 1 unspecified atom stereocenters. The van der Waals surface area contributed by atoms with E-state index >= 15 is 0 Å². The third-order valence-electron chi connectivity index (χ3n) is 6.50. The predicted molar refractivity (Wildman–Crippen MR) is 121 cm³/mol. The Kier molecular flexibility index (Phi) is 6.65. The number of carboxylic acid groups (broad SMARTS) is 1. The van der Waals surface area contributed by atoms with E-state index in [0.29, 0.717) is 12.8 Å². The number of ether oxygens (including phenoxy) is 2. The van der Waals surface area contributed by atoms with E-state index in [1.54, 1.807) is 0 Å². The molecule has 1 saturated carbocycles. The lowest BCUT2D eigenvalue weighted by Gasteiger charge is -2.18. The number of alkyl carbamates (subject to hydrolysis) is 1. The van der Waals surface area contributed by atoms with Gasteiger partial charge < -0.3 is 25.2 Å². The smallest absolute Gasteiger partial charge is 0.407 e. The van der Waals surface area contributed by atoms with E-state index in [2.05, 4.69) is 34.9 Å². The van der Waals surface area contributed by atoms with Gasteiger partial charge in [0.25, 0.3) is 0 Å². The monoisotopic (exact) mass is 452 g/mol. The minimum absolute atomic E-state index is 0.0235. The summed E-state index contributed by atoms with van der Waals surface area (Å²) in [6.45, 7) is 0.485. The SMILES string of the molecule is COC(CCNC(=O)OCC1c2ccccc2-c2ccccc21)C(=O)NCC1(C(=O)O)CC1. The van der Waals surface area contributed by atoms with Crippen molar-refractivity contribution >= 4 is 18.0 Å². The van der Waals surface area contributed by atoms with Crippen LogP contribution in [0.2, 0.25) is 0 Å². The number of carbonyl (C=O) groups is 3. The maximum absolute atomic E-state index is 12.3. The Labute approximate surface area is 192 Å². The Bertz CT molecular complexity index is 1000. The van der Waals surface area contributed by atoms with Gasteiger partial charge in [-0.25, -0.2) is 4.79 Å². The first kappa shape index (κ1) is 22.8. The van der Waals surface area contributed by atoms with Crippen LogP contribution < -0.4 is 10.6 Å². The molecule has 0 aromatic heterocycles. The largest absolute Gasteiger partial charge is 0.481 e. The number of nitrogens with one attached hydrogen (secondary N) is 2. The van der Waals surface area contributed by atoms with Crippen molar-refractivity contribution in [2.24, 2.45) is 5.41 Å². The van der Waals surface area contributed by atoms with Crippen molar-refractivity contribution in [2.45, 2.75) is 31.3 Å². The second-order valence-electron chi connectivity index (χ2n) is 8.57. The molecule has 2 aliphatic carbocycles. The molecule has 1 fully saturated rings. The van der Waals surface area contributed by atoms with Gasteiger partial charge in [-0.1, -0.05) is 48.5 Å². The number of hydrogen-bond donors (Lipinski definition) is 3. The number of amides is 2. The summed E-state index contributed by atoms with van der Waals surface area (Å²) in [5.41, 5.74) is 3.75. The molecule has 0 radical (unpaired) electrons. The lowest BCUT2D eigenvalue weighted by molar-refractivity contribution is -0.143. The Morgan fingerprint density at radius 1 is 1.03 bits per heavy atom. The van der Waals surface area contributed by atoms with Crippen molar-refractivity contribution in [2.75, 3.05) is 26.8 Å². The normalized spacial score (nSPS) is 16.3. The van der Waals surface area contributed by atoms with Crippen LogP contribution in [0, 0.1) is 5.41 Å². The molecular formula is C25H28N2O6. The molecule has 174 valence electrons. The highest BCUT2D eigenvalue weighted by Crippen LogP contribution is 2.45. The van der Waals surface area contributed by atoms with Gasteiger partial charge in [0.1, 0.15) is 12.7 Å². The number of benzene rings is 2. The molecule has 33 heavy (non-hydrogen) atoms. The van der Waals surface area contributed by atoms with Gasteiger partial charge in [-0.15, -0.1) is 0 Å². The zero-order chi connectivity index (χ0) is 23.4. The highest BCUT2D eigenvalue weighted by molar-refractivity contribution is 5.83. The maximum Gasteiger partial charge on any atom is 0.407 e. The van der Waals surface area contributed by atoms with Crippen LogP contribution in [0.15, 0.2) is 48.5 Å². The molecule has 3 N–H and O–H groups in total. The summed E-state index contributed by atoms with van der Waals surface area (Å²) < 4.78 is 10.7. The quantitative estimate of drug-likeness (QED) is 0.511. The first-order valence-corrected chi connectivity index (χ1v) is 11.1. The molecule has 2 aliphatic rings. The van der Waals surface area contributed by atoms with Crippen LogP contribution in [-0.4, -0.2) is 56.0 Å². The Morgan fingerprint density at radius 3 is 2.18 bits per heavy atom. The predicted octanol–water partition coefficient (Wildman–Crippen LogP) is 2.91. The van der Waals surface area contributed by atoms with Crippen molar-refractivity contribution in [3.05, 3.63) is 59.7 Å². The van der Waals surface area contributed by atoms with Crippen LogP contribution in [0.5, 0.6) is 0 Å². The molecule has 0 bridgehead atoms. The second-order valence-corrected chi connectivity index (χ2v) is 8.57. The van der Waals surface area contributed by atoms with Gasteiger partial charge in [0.2, 0.25) is 5.91 Å². The van der Waals surface area contributed by atoms with Crippen molar-refractivity contribution in [3.63, 3.8) is 0 Å². The molecule has 8 nitrogen and oxygen atoms in total. The number of aliphatic carboxylic acids is 1. The minimum Gasteiger partial charge on any atom is -0.481 e. The molecule has 1 atom stereocenters. The van der Waals surface area contributed by atoms with Crippen LogP contribution in [0.1, 0.15) is 36.3 Å². The average Bonchev–Trinajstić information content (AvgIpc) is 3.56. The highest BCUT2D eigenvalue weighted by atomic mass is 16.5. The highest BCUT2D eigenvalue weighted by Gasteiger charge is 2.50.